The summed E-state index contributed by atoms with van der Waals surface area (Å²) in [5, 5.41) is 27.4. The van der Waals surface area contributed by atoms with Crippen molar-refractivity contribution in [2.24, 2.45) is 7.05 Å². The maximum Gasteiger partial charge on any atom is 0.132 e. The van der Waals surface area contributed by atoms with Gasteiger partial charge in [0, 0.05) is 39.4 Å². The first-order valence-corrected chi connectivity index (χ1v) is 17.9. The predicted octanol–water partition coefficient (Wildman–Crippen LogP) is 10.9. The fourth-order valence-electron chi connectivity index (χ4n) is 8.81. The molecule has 6 aromatic carbocycles. The molecule has 0 unspecified atom stereocenters. The lowest BCUT2D eigenvalue weighted by Crippen LogP contribution is -2.10. The SMILES string of the molecule is Cn1c(-n2c3ccccc3c3c4ccccc4n(-c4ccccc4C#N)c32)ccc1-n1c2ccccc2c2c3ccccc3n(-c3ccccc3C#N)c21. The number of hydrogen-bond donors (Lipinski definition) is 0. The van der Waals surface area contributed by atoms with E-state index in [4.69, 9.17) is 0 Å². The van der Waals surface area contributed by atoms with Crippen molar-refractivity contribution in [2.75, 3.05) is 0 Å². The average Bonchev–Trinajstić information content (AvgIpc) is 4.01. The van der Waals surface area contributed by atoms with Gasteiger partial charge < -0.3 is 4.57 Å². The number of aromatic nitrogens is 5. The Kier molecular flexibility index (Phi) is 6.17. The molecule has 0 N–H and O–H groups in total. The van der Waals surface area contributed by atoms with E-state index in [1.165, 1.54) is 0 Å². The quantitative estimate of drug-likeness (QED) is 0.184. The molecule has 0 aliphatic rings. The summed E-state index contributed by atoms with van der Waals surface area (Å²) >= 11 is 0. The first-order valence-electron chi connectivity index (χ1n) is 17.9. The highest BCUT2D eigenvalue weighted by atomic mass is 15.3. The third-order valence-corrected chi connectivity index (χ3v) is 11.0. The van der Waals surface area contributed by atoms with Crippen LogP contribution in [0.2, 0.25) is 0 Å². The molecule has 0 bridgehead atoms. The fourth-order valence-corrected chi connectivity index (χ4v) is 8.81. The molecule has 5 aromatic heterocycles. The van der Waals surface area contributed by atoms with E-state index in [1.54, 1.807) is 0 Å². The zero-order valence-electron chi connectivity index (χ0n) is 29.1. The van der Waals surface area contributed by atoms with Crippen molar-refractivity contribution in [3.63, 3.8) is 0 Å². The Hall–Kier alpha value is -7.74. The molecule has 0 spiro atoms. The summed E-state index contributed by atoms with van der Waals surface area (Å²) in [5.41, 5.74) is 9.10. The van der Waals surface area contributed by atoms with Gasteiger partial charge in [-0.25, -0.2) is 0 Å². The highest BCUT2D eigenvalue weighted by Gasteiger charge is 2.27. The number of para-hydroxylation sites is 6. The van der Waals surface area contributed by atoms with E-state index in [9.17, 15) is 10.5 Å². The Morgan fingerprint density at radius 1 is 0.370 bits per heavy atom. The van der Waals surface area contributed by atoms with E-state index < -0.39 is 0 Å². The van der Waals surface area contributed by atoms with Gasteiger partial charge in [0.2, 0.25) is 0 Å². The maximum absolute atomic E-state index is 10.3. The molecule has 0 atom stereocenters. The van der Waals surface area contributed by atoms with Gasteiger partial charge in [-0.05, 0) is 60.7 Å². The van der Waals surface area contributed by atoms with Crippen molar-refractivity contribution in [2.45, 2.75) is 0 Å². The van der Waals surface area contributed by atoms with Crippen molar-refractivity contribution in [1.29, 1.82) is 10.5 Å². The van der Waals surface area contributed by atoms with Crippen LogP contribution < -0.4 is 0 Å². The Balaban J connectivity index is 1.29. The summed E-state index contributed by atoms with van der Waals surface area (Å²) in [6, 6.07) is 59.0. The molecule has 0 aliphatic carbocycles. The van der Waals surface area contributed by atoms with Gasteiger partial charge in [-0.1, -0.05) is 97.1 Å². The average molecular weight is 692 g/mol. The zero-order valence-corrected chi connectivity index (χ0v) is 29.1. The summed E-state index contributed by atoms with van der Waals surface area (Å²) in [4.78, 5) is 0. The van der Waals surface area contributed by atoms with E-state index in [0.717, 1.165) is 88.7 Å². The highest BCUT2D eigenvalue weighted by molar-refractivity contribution is 6.23. The molecule has 7 nitrogen and oxygen atoms in total. The van der Waals surface area contributed by atoms with Crippen molar-refractivity contribution in [1.82, 2.24) is 22.8 Å². The molecule has 7 heteroatoms. The second-order valence-corrected chi connectivity index (χ2v) is 13.7. The van der Waals surface area contributed by atoms with Crippen molar-refractivity contribution < 1.29 is 0 Å². The molecule has 0 aliphatic heterocycles. The minimum Gasteiger partial charge on any atom is -0.316 e. The van der Waals surface area contributed by atoms with Crippen LogP contribution in [0.1, 0.15) is 11.1 Å². The van der Waals surface area contributed by atoms with Crippen molar-refractivity contribution in [3.8, 4) is 35.1 Å². The first-order chi connectivity index (χ1) is 26.7. The van der Waals surface area contributed by atoms with Gasteiger partial charge >= 0.3 is 0 Å². The third-order valence-electron chi connectivity index (χ3n) is 11.0. The summed E-state index contributed by atoms with van der Waals surface area (Å²) < 4.78 is 11.4. The van der Waals surface area contributed by atoms with Gasteiger partial charge in [-0.3, -0.25) is 18.3 Å². The van der Waals surface area contributed by atoms with Gasteiger partial charge in [0.05, 0.1) is 44.6 Å². The fraction of sp³-hybridized carbons (Fsp3) is 0.0213. The molecule has 0 saturated heterocycles. The normalized spacial score (nSPS) is 11.8. The summed E-state index contributed by atoms with van der Waals surface area (Å²) in [5.74, 6) is 1.95. The van der Waals surface area contributed by atoms with Crippen LogP contribution in [-0.4, -0.2) is 22.8 Å². The molecule has 0 fully saturated rings. The predicted molar refractivity (Wildman–Crippen MR) is 217 cm³/mol. The number of nitrogens with zero attached hydrogens (tertiary/aromatic N) is 7. The number of fused-ring (bicyclic) bond motifs is 10. The molecule has 0 radical (unpaired) electrons. The van der Waals surface area contributed by atoms with E-state index in [0.29, 0.717) is 11.1 Å². The molecular formula is C47H29N7. The molecule has 11 rings (SSSR count). The Morgan fingerprint density at radius 3 is 1.06 bits per heavy atom. The smallest absolute Gasteiger partial charge is 0.132 e. The maximum atomic E-state index is 10.3. The molecular weight excluding hydrogens is 663 g/mol. The van der Waals surface area contributed by atoms with E-state index in [2.05, 4.69) is 151 Å². The largest absolute Gasteiger partial charge is 0.316 e. The lowest BCUT2D eigenvalue weighted by Gasteiger charge is -2.17. The Bertz CT molecular complexity index is 3210. The van der Waals surface area contributed by atoms with Crippen LogP contribution in [0.25, 0.3) is 88.7 Å². The third kappa shape index (κ3) is 3.82. The standard InChI is InChI=1S/C47H29N7/c1-50-42(53-40-24-12-6-18-34(40)44-32-16-4-10-22-38(32)51(46(44)53)36-20-8-2-14-30(36)28-48)26-27-43(50)54-41-25-13-7-19-35(41)45-33-17-5-11-23-39(33)52(47(45)54)37-21-9-3-15-31(37)29-49/h2-27H,1H3. The second-order valence-electron chi connectivity index (χ2n) is 13.7. The first kappa shape index (κ1) is 29.9. The molecule has 0 saturated carbocycles. The van der Waals surface area contributed by atoms with Crippen LogP contribution in [0.3, 0.4) is 0 Å². The zero-order chi connectivity index (χ0) is 36.1. The minimum atomic E-state index is 0.608. The number of rotatable bonds is 4. The van der Waals surface area contributed by atoms with Crippen LogP contribution in [0.5, 0.6) is 0 Å². The van der Waals surface area contributed by atoms with E-state index in [-0.39, 0.29) is 0 Å². The van der Waals surface area contributed by atoms with Gasteiger partial charge in [-0.2, -0.15) is 10.5 Å². The van der Waals surface area contributed by atoms with Crippen LogP contribution in [0, 0.1) is 22.7 Å². The van der Waals surface area contributed by atoms with Gasteiger partial charge in [0.15, 0.2) is 0 Å². The molecule has 54 heavy (non-hydrogen) atoms. The van der Waals surface area contributed by atoms with Gasteiger partial charge in [0.25, 0.3) is 0 Å². The monoisotopic (exact) mass is 691 g/mol. The molecule has 5 heterocycles. The number of hydrogen-bond acceptors (Lipinski definition) is 2. The van der Waals surface area contributed by atoms with Crippen LogP contribution in [0.4, 0.5) is 0 Å². The van der Waals surface area contributed by atoms with Gasteiger partial charge in [0.1, 0.15) is 35.1 Å². The van der Waals surface area contributed by atoms with Crippen LogP contribution in [-0.2, 0) is 7.05 Å². The topological polar surface area (TPSA) is 72.2 Å². The molecule has 252 valence electrons. The van der Waals surface area contributed by atoms with Gasteiger partial charge in [-0.15, -0.1) is 0 Å². The molecule has 0 amide bonds. The lowest BCUT2D eigenvalue weighted by molar-refractivity contribution is 0.821. The van der Waals surface area contributed by atoms with E-state index in [1.807, 2.05) is 48.5 Å². The minimum absolute atomic E-state index is 0.608. The molecule has 11 aromatic rings. The van der Waals surface area contributed by atoms with Crippen molar-refractivity contribution in [3.05, 3.63) is 169 Å². The highest BCUT2D eigenvalue weighted by Crippen LogP contribution is 2.44. The summed E-state index contributed by atoms with van der Waals surface area (Å²) in [7, 11) is 2.12. The Morgan fingerprint density at radius 2 is 0.685 bits per heavy atom. The number of benzene rings is 6. The van der Waals surface area contributed by atoms with Crippen molar-refractivity contribution >= 4 is 65.7 Å². The van der Waals surface area contributed by atoms with Crippen LogP contribution >= 0.6 is 0 Å². The van der Waals surface area contributed by atoms with E-state index >= 15 is 0 Å². The lowest BCUT2D eigenvalue weighted by atomic mass is 10.1. The summed E-state index contributed by atoms with van der Waals surface area (Å²) in [6.45, 7) is 0. The number of nitriles is 2. The second kappa shape index (κ2) is 11.1. The summed E-state index contributed by atoms with van der Waals surface area (Å²) in [6.07, 6.45) is 0. The van der Waals surface area contributed by atoms with Crippen LogP contribution in [0.15, 0.2) is 158 Å². The Labute approximate surface area is 309 Å².